The van der Waals surface area contributed by atoms with E-state index in [1.807, 2.05) is 25.8 Å². The minimum absolute atomic E-state index is 0.183. The van der Waals surface area contributed by atoms with Crippen molar-refractivity contribution < 1.29 is 13.5 Å². The molecule has 1 atom stereocenters. The van der Waals surface area contributed by atoms with E-state index in [0.29, 0.717) is 19.7 Å². The fraction of sp³-hybridized carbons (Fsp3) is 0.571. The van der Waals surface area contributed by atoms with Crippen LogP contribution in [0.3, 0.4) is 0 Å². The fourth-order valence-corrected chi connectivity index (χ4v) is 1.77. The van der Waals surface area contributed by atoms with Gasteiger partial charge in [-0.1, -0.05) is 0 Å². The highest BCUT2D eigenvalue weighted by Crippen LogP contribution is 2.17. The summed E-state index contributed by atoms with van der Waals surface area (Å²) in [4.78, 5) is 1.94. The first-order chi connectivity index (χ1) is 8.90. The first kappa shape index (κ1) is 16.0. The maximum Gasteiger partial charge on any atom is 0.128 e. The average molecular weight is 272 g/mol. The molecule has 1 rings (SSSR count). The van der Waals surface area contributed by atoms with Crippen LogP contribution in [0.25, 0.3) is 0 Å². The molecular weight excluding hydrogens is 250 g/mol. The molecule has 0 bridgehead atoms. The van der Waals surface area contributed by atoms with Crippen LogP contribution in [-0.2, 0) is 4.74 Å². The van der Waals surface area contributed by atoms with Crippen LogP contribution in [0.4, 0.5) is 8.78 Å². The topological polar surface area (TPSA) is 38.5 Å². The van der Waals surface area contributed by atoms with Gasteiger partial charge < -0.3 is 15.4 Å². The molecule has 0 aromatic heterocycles. The molecule has 0 aliphatic rings. The number of hydrogen-bond donors (Lipinski definition) is 1. The maximum atomic E-state index is 13.5. The van der Waals surface area contributed by atoms with Crippen LogP contribution in [0, 0.1) is 11.6 Å². The van der Waals surface area contributed by atoms with Gasteiger partial charge >= 0.3 is 0 Å². The van der Waals surface area contributed by atoms with Crippen LogP contribution in [0.2, 0.25) is 0 Å². The summed E-state index contributed by atoms with van der Waals surface area (Å²) in [5, 5.41) is 0. The van der Waals surface area contributed by atoms with Crippen LogP contribution < -0.4 is 5.73 Å². The SMILES string of the molecule is CC(C)OCCN(C)CC(N)c1cc(F)ccc1F. The molecule has 1 aromatic rings. The number of rotatable bonds is 7. The second-order valence-electron chi connectivity index (χ2n) is 4.95. The molecular formula is C14H22F2N2O. The number of halogens is 2. The first-order valence-corrected chi connectivity index (χ1v) is 6.41. The molecule has 2 N–H and O–H groups in total. The largest absolute Gasteiger partial charge is 0.377 e. The Morgan fingerprint density at radius 2 is 2.00 bits per heavy atom. The number of hydrogen-bond acceptors (Lipinski definition) is 3. The molecule has 0 aliphatic heterocycles. The molecule has 0 spiro atoms. The van der Waals surface area contributed by atoms with Gasteiger partial charge in [-0.05, 0) is 39.1 Å². The van der Waals surface area contributed by atoms with Gasteiger partial charge in [0.1, 0.15) is 11.6 Å². The van der Waals surface area contributed by atoms with E-state index in [4.69, 9.17) is 10.5 Å². The third-order valence-electron chi connectivity index (χ3n) is 2.79. The highest BCUT2D eigenvalue weighted by Gasteiger charge is 2.14. The minimum atomic E-state index is -0.556. The minimum Gasteiger partial charge on any atom is -0.377 e. The van der Waals surface area contributed by atoms with Crippen LogP contribution >= 0.6 is 0 Å². The Morgan fingerprint density at radius 1 is 1.32 bits per heavy atom. The summed E-state index contributed by atoms with van der Waals surface area (Å²) in [6, 6.07) is 2.79. The lowest BCUT2D eigenvalue weighted by molar-refractivity contribution is 0.0629. The van der Waals surface area contributed by atoms with Crippen molar-refractivity contribution in [3.63, 3.8) is 0 Å². The predicted octanol–water partition coefficient (Wildman–Crippen LogP) is 2.32. The van der Waals surface area contributed by atoms with Crippen molar-refractivity contribution in [2.75, 3.05) is 26.7 Å². The van der Waals surface area contributed by atoms with E-state index < -0.39 is 17.7 Å². The molecule has 1 unspecified atom stereocenters. The zero-order valence-corrected chi connectivity index (χ0v) is 11.7. The summed E-state index contributed by atoms with van der Waals surface area (Å²) < 4.78 is 32.0. The van der Waals surface area contributed by atoms with E-state index >= 15 is 0 Å². The summed E-state index contributed by atoms with van der Waals surface area (Å²) in [6.07, 6.45) is 0.183. The number of nitrogens with zero attached hydrogens (tertiary/aromatic N) is 1. The van der Waals surface area contributed by atoms with Crippen LogP contribution in [0.5, 0.6) is 0 Å². The zero-order valence-electron chi connectivity index (χ0n) is 11.7. The van der Waals surface area contributed by atoms with E-state index in [1.165, 1.54) is 0 Å². The molecule has 5 heteroatoms. The second-order valence-corrected chi connectivity index (χ2v) is 4.95. The summed E-state index contributed by atoms with van der Waals surface area (Å²) in [5.74, 6) is -0.946. The second kappa shape index (κ2) is 7.53. The lowest BCUT2D eigenvalue weighted by Gasteiger charge is -2.22. The number of benzene rings is 1. The molecule has 3 nitrogen and oxygen atoms in total. The van der Waals surface area contributed by atoms with Crippen LogP contribution in [0.1, 0.15) is 25.5 Å². The van der Waals surface area contributed by atoms with Gasteiger partial charge in [0.15, 0.2) is 0 Å². The summed E-state index contributed by atoms with van der Waals surface area (Å²) in [6.45, 7) is 5.67. The van der Waals surface area contributed by atoms with Gasteiger partial charge in [-0.3, -0.25) is 0 Å². The first-order valence-electron chi connectivity index (χ1n) is 6.41. The Labute approximate surface area is 113 Å². The van der Waals surface area contributed by atoms with Gasteiger partial charge in [0.05, 0.1) is 12.7 Å². The fourth-order valence-electron chi connectivity index (χ4n) is 1.77. The lowest BCUT2D eigenvalue weighted by Crippen LogP contribution is -2.32. The third-order valence-corrected chi connectivity index (χ3v) is 2.79. The lowest BCUT2D eigenvalue weighted by atomic mass is 10.1. The Morgan fingerprint density at radius 3 is 2.63 bits per heavy atom. The van der Waals surface area contributed by atoms with Gasteiger partial charge in [-0.25, -0.2) is 8.78 Å². The van der Waals surface area contributed by atoms with Crippen molar-refractivity contribution in [3.05, 3.63) is 35.4 Å². The molecule has 0 saturated heterocycles. The Bertz CT molecular complexity index is 399. The van der Waals surface area contributed by atoms with Crippen molar-refractivity contribution in [2.45, 2.75) is 26.0 Å². The molecule has 0 amide bonds. The van der Waals surface area contributed by atoms with E-state index in [-0.39, 0.29) is 11.7 Å². The normalized spacial score (nSPS) is 13.3. The zero-order chi connectivity index (χ0) is 14.4. The van der Waals surface area contributed by atoms with Crippen molar-refractivity contribution in [3.8, 4) is 0 Å². The van der Waals surface area contributed by atoms with Gasteiger partial charge in [-0.15, -0.1) is 0 Å². The van der Waals surface area contributed by atoms with E-state index in [0.717, 1.165) is 18.2 Å². The quantitative estimate of drug-likeness (QED) is 0.828. The molecule has 0 heterocycles. The number of nitrogens with two attached hydrogens (primary N) is 1. The van der Waals surface area contributed by atoms with Crippen molar-refractivity contribution >= 4 is 0 Å². The highest BCUT2D eigenvalue weighted by atomic mass is 19.1. The molecule has 0 aliphatic carbocycles. The molecule has 0 saturated carbocycles. The Hall–Kier alpha value is -1.04. The van der Waals surface area contributed by atoms with E-state index in [1.54, 1.807) is 0 Å². The molecule has 108 valence electrons. The predicted molar refractivity (Wildman–Crippen MR) is 71.9 cm³/mol. The summed E-state index contributed by atoms with van der Waals surface area (Å²) in [7, 11) is 1.88. The summed E-state index contributed by atoms with van der Waals surface area (Å²) >= 11 is 0. The Kier molecular flexibility index (Phi) is 6.34. The average Bonchev–Trinajstić information content (AvgIpc) is 2.31. The third kappa shape index (κ3) is 5.63. The highest BCUT2D eigenvalue weighted by molar-refractivity contribution is 5.22. The van der Waals surface area contributed by atoms with Crippen molar-refractivity contribution in [1.82, 2.24) is 4.90 Å². The summed E-state index contributed by atoms with van der Waals surface area (Å²) in [5.41, 5.74) is 6.11. The van der Waals surface area contributed by atoms with Crippen molar-refractivity contribution in [2.24, 2.45) is 5.73 Å². The van der Waals surface area contributed by atoms with Gasteiger partial charge in [0.2, 0.25) is 0 Å². The van der Waals surface area contributed by atoms with E-state index in [9.17, 15) is 8.78 Å². The van der Waals surface area contributed by atoms with Crippen LogP contribution in [0.15, 0.2) is 18.2 Å². The molecule has 0 fully saturated rings. The van der Waals surface area contributed by atoms with Crippen molar-refractivity contribution in [1.29, 1.82) is 0 Å². The maximum absolute atomic E-state index is 13.5. The van der Waals surface area contributed by atoms with Gasteiger partial charge in [-0.2, -0.15) is 0 Å². The number of ether oxygens (including phenoxy) is 1. The Balaban J connectivity index is 2.49. The molecule has 19 heavy (non-hydrogen) atoms. The smallest absolute Gasteiger partial charge is 0.128 e. The number of likely N-dealkylation sites (N-methyl/N-ethyl adjacent to an activating group) is 1. The standard InChI is InChI=1S/C14H22F2N2O/c1-10(2)19-7-6-18(3)9-14(17)12-8-11(15)4-5-13(12)16/h4-5,8,10,14H,6-7,9,17H2,1-3H3. The molecule has 0 radical (unpaired) electrons. The van der Waals surface area contributed by atoms with E-state index in [2.05, 4.69) is 0 Å². The monoisotopic (exact) mass is 272 g/mol. The van der Waals surface area contributed by atoms with Crippen LogP contribution in [-0.4, -0.2) is 37.7 Å². The van der Waals surface area contributed by atoms with Gasteiger partial charge in [0, 0.05) is 24.7 Å². The molecule has 1 aromatic carbocycles. The van der Waals surface area contributed by atoms with Gasteiger partial charge in [0.25, 0.3) is 0 Å².